The molecule has 7 aromatic carbocycles. The van der Waals surface area contributed by atoms with Crippen LogP contribution in [0.2, 0.25) is 0 Å². The number of fused-ring (bicyclic) bond motifs is 8. The van der Waals surface area contributed by atoms with E-state index in [-0.39, 0.29) is 22.3 Å². The first-order valence-electron chi connectivity index (χ1n) is 22.6. The zero-order valence-corrected chi connectivity index (χ0v) is 37.5. The quantitative estimate of drug-likeness (QED) is 0.162. The fraction of sp³-hybridized carbons (Fsp3) is 0.133. The minimum absolute atomic E-state index is 0.234. The standard InChI is InChI=1S/C60H45N3OS/c1-37-32-33-59(3)46-22-12-13-23-47(46)63(42-18-9-6-10-19-42)60(4)35-34-58(2,52(37)56(59)60)41-30-31-44-49(36-41)64-48-24-15-21-43(51(44)48)38-26-28-40(29-27-38)57-61-53(39-16-7-5-8-17-39)55-54(62-57)45-20-11-14-25-50(45)65-55/h5-37H,1-4H3. The van der Waals surface area contributed by atoms with E-state index in [1.165, 1.54) is 38.3 Å². The van der Waals surface area contributed by atoms with Crippen LogP contribution in [0.5, 0.6) is 0 Å². The maximum atomic E-state index is 6.82. The normalized spacial score (nSPS) is 22.3. The van der Waals surface area contributed by atoms with Gasteiger partial charge in [-0.05, 0) is 96.5 Å². The highest BCUT2D eigenvalue weighted by molar-refractivity contribution is 7.26. The van der Waals surface area contributed by atoms with Crippen LogP contribution in [0.15, 0.2) is 210 Å². The number of anilines is 2. The van der Waals surface area contributed by atoms with Crippen LogP contribution in [0.4, 0.5) is 11.4 Å². The second kappa shape index (κ2) is 13.8. The first-order chi connectivity index (χ1) is 31.7. The van der Waals surface area contributed by atoms with Crippen molar-refractivity contribution in [2.45, 2.75) is 44.1 Å². The molecule has 0 amide bonds. The summed E-state index contributed by atoms with van der Waals surface area (Å²) in [7, 11) is 0. The highest BCUT2D eigenvalue weighted by Gasteiger charge is 2.56. The van der Waals surface area contributed by atoms with Crippen molar-refractivity contribution in [2.24, 2.45) is 5.92 Å². The zero-order chi connectivity index (χ0) is 43.7. The van der Waals surface area contributed by atoms with Crippen LogP contribution in [0.25, 0.3) is 76.0 Å². The summed E-state index contributed by atoms with van der Waals surface area (Å²) in [5, 5.41) is 3.40. The average Bonchev–Trinajstić information content (AvgIpc) is 3.92. The number of thiophene rings is 1. The smallest absolute Gasteiger partial charge is 0.160 e. The number of rotatable bonds is 5. The molecule has 3 aromatic heterocycles. The number of hydrogen-bond donors (Lipinski definition) is 0. The Kier molecular flexibility index (Phi) is 8.12. The van der Waals surface area contributed by atoms with E-state index >= 15 is 0 Å². The third-order valence-electron chi connectivity index (χ3n) is 14.8. The Hall–Kier alpha value is -7.34. The van der Waals surface area contributed by atoms with Crippen molar-refractivity contribution >= 4 is 65.0 Å². The molecule has 0 saturated carbocycles. The fourth-order valence-corrected chi connectivity index (χ4v) is 12.9. The van der Waals surface area contributed by atoms with E-state index in [1.54, 1.807) is 11.3 Å². The van der Waals surface area contributed by atoms with Crippen LogP contribution in [0, 0.1) is 5.92 Å². The van der Waals surface area contributed by atoms with Gasteiger partial charge in [-0.3, -0.25) is 0 Å². The average molecular weight is 856 g/mol. The summed E-state index contributed by atoms with van der Waals surface area (Å²) in [6.07, 6.45) is 9.88. The lowest BCUT2D eigenvalue weighted by molar-refractivity contribution is 0.441. The zero-order valence-electron chi connectivity index (χ0n) is 36.7. The summed E-state index contributed by atoms with van der Waals surface area (Å²) in [5.74, 6) is 0.957. The van der Waals surface area contributed by atoms with Crippen molar-refractivity contribution in [2.75, 3.05) is 4.90 Å². The number of furan rings is 1. The number of nitrogens with zero attached hydrogens (tertiary/aromatic N) is 3. The summed E-state index contributed by atoms with van der Waals surface area (Å²) >= 11 is 1.76. The highest BCUT2D eigenvalue weighted by atomic mass is 32.1. The molecule has 0 radical (unpaired) electrons. The molecule has 10 aromatic rings. The lowest BCUT2D eigenvalue weighted by atomic mass is 9.52. The van der Waals surface area contributed by atoms with Crippen molar-refractivity contribution in [3.8, 4) is 33.8 Å². The van der Waals surface area contributed by atoms with Gasteiger partial charge in [-0.2, -0.15) is 0 Å². The van der Waals surface area contributed by atoms with Gasteiger partial charge in [-0.25, -0.2) is 9.97 Å². The molecule has 0 N–H and O–H groups in total. The summed E-state index contributed by atoms with van der Waals surface area (Å²) in [6, 6.07) is 61.0. The second-order valence-electron chi connectivity index (χ2n) is 18.6. The number of para-hydroxylation sites is 2. The highest BCUT2D eigenvalue weighted by Crippen LogP contribution is 2.62. The molecular formula is C60H45N3OS. The molecule has 312 valence electrons. The van der Waals surface area contributed by atoms with E-state index in [2.05, 4.69) is 227 Å². The molecule has 65 heavy (non-hydrogen) atoms. The molecule has 0 spiro atoms. The maximum Gasteiger partial charge on any atom is 0.160 e. The van der Waals surface area contributed by atoms with E-state index in [0.29, 0.717) is 0 Å². The van der Waals surface area contributed by atoms with Gasteiger partial charge in [0.05, 0.1) is 21.4 Å². The van der Waals surface area contributed by atoms with Gasteiger partial charge in [0, 0.05) is 54.2 Å². The molecule has 13 rings (SSSR count). The lowest BCUT2D eigenvalue weighted by Crippen LogP contribution is -2.58. The predicted molar refractivity (Wildman–Crippen MR) is 271 cm³/mol. The molecule has 4 nitrogen and oxygen atoms in total. The molecule has 1 aliphatic heterocycles. The lowest BCUT2D eigenvalue weighted by Gasteiger charge is -2.59. The van der Waals surface area contributed by atoms with Gasteiger partial charge < -0.3 is 9.32 Å². The van der Waals surface area contributed by atoms with Gasteiger partial charge in [-0.1, -0.05) is 165 Å². The van der Waals surface area contributed by atoms with Crippen molar-refractivity contribution in [1.29, 1.82) is 0 Å². The van der Waals surface area contributed by atoms with Crippen LogP contribution in [0.3, 0.4) is 0 Å². The molecule has 4 heterocycles. The molecule has 0 fully saturated rings. The number of benzene rings is 7. The second-order valence-corrected chi connectivity index (χ2v) is 19.7. The third-order valence-corrected chi connectivity index (χ3v) is 15.9. The molecule has 2 aliphatic carbocycles. The predicted octanol–water partition coefficient (Wildman–Crippen LogP) is 15.9. The van der Waals surface area contributed by atoms with Gasteiger partial charge in [0.2, 0.25) is 0 Å². The minimum atomic E-state index is -0.381. The van der Waals surface area contributed by atoms with Gasteiger partial charge in [0.15, 0.2) is 5.82 Å². The monoisotopic (exact) mass is 855 g/mol. The molecule has 3 aliphatic rings. The summed E-state index contributed by atoms with van der Waals surface area (Å²) in [6.45, 7) is 9.63. The van der Waals surface area contributed by atoms with E-state index in [4.69, 9.17) is 14.4 Å². The summed E-state index contributed by atoms with van der Waals surface area (Å²) in [5.41, 5.74) is 15.0. The topological polar surface area (TPSA) is 42.2 Å². The van der Waals surface area contributed by atoms with Crippen molar-refractivity contribution < 1.29 is 4.42 Å². The van der Waals surface area contributed by atoms with Gasteiger partial charge in [0.1, 0.15) is 11.2 Å². The number of allylic oxidation sites excluding steroid dienone is 4. The maximum absolute atomic E-state index is 6.82. The molecule has 0 bridgehead atoms. The van der Waals surface area contributed by atoms with Crippen LogP contribution in [-0.4, -0.2) is 15.5 Å². The van der Waals surface area contributed by atoms with Crippen LogP contribution in [-0.2, 0) is 10.8 Å². The van der Waals surface area contributed by atoms with Gasteiger partial charge >= 0.3 is 0 Å². The van der Waals surface area contributed by atoms with Crippen molar-refractivity contribution in [3.63, 3.8) is 0 Å². The Morgan fingerprint density at radius 3 is 2.17 bits per heavy atom. The van der Waals surface area contributed by atoms with Crippen molar-refractivity contribution in [1.82, 2.24) is 9.97 Å². The Morgan fingerprint density at radius 1 is 0.600 bits per heavy atom. The van der Waals surface area contributed by atoms with Crippen LogP contribution < -0.4 is 4.90 Å². The SMILES string of the molecule is CC1C=CC2(C)C3=C1C(C)(c1ccc4c(c1)oc1cccc(-c5ccc(-c6nc(-c7ccccc7)c7sc8ccccc8c7n6)cc5)c14)C=CC3(C)N(c1ccccc1)c1ccccc12. The number of hydrogen-bond acceptors (Lipinski definition) is 5. The van der Waals surface area contributed by atoms with Crippen LogP contribution in [0.1, 0.15) is 38.8 Å². The Bertz CT molecular complexity index is 3670. The molecule has 4 unspecified atom stereocenters. The largest absolute Gasteiger partial charge is 0.456 e. The Balaban J connectivity index is 0.913. The van der Waals surface area contributed by atoms with Crippen LogP contribution >= 0.6 is 11.3 Å². The van der Waals surface area contributed by atoms with E-state index in [9.17, 15) is 0 Å². The Morgan fingerprint density at radius 2 is 1.34 bits per heavy atom. The van der Waals surface area contributed by atoms with E-state index in [1.807, 2.05) is 0 Å². The van der Waals surface area contributed by atoms with Gasteiger partial charge in [0.25, 0.3) is 0 Å². The third kappa shape index (κ3) is 5.42. The van der Waals surface area contributed by atoms with Crippen molar-refractivity contribution in [3.05, 3.63) is 216 Å². The first kappa shape index (κ1) is 38.1. The summed E-state index contributed by atoms with van der Waals surface area (Å²) in [4.78, 5) is 13.0. The molecule has 5 heteroatoms. The summed E-state index contributed by atoms with van der Waals surface area (Å²) < 4.78 is 9.15. The molecule has 4 atom stereocenters. The fourth-order valence-electron chi connectivity index (χ4n) is 11.8. The Labute approximate surface area is 382 Å². The van der Waals surface area contributed by atoms with Gasteiger partial charge in [-0.15, -0.1) is 11.3 Å². The minimum Gasteiger partial charge on any atom is -0.456 e. The number of aromatic nitrogens is 2. The first-order valence-corrected chi connectivity index (χ1v) is 23.5. The molecular weight excluding hydrogens is 811 g/mol. The van der Waals surface area contributed by atoms with E-state index in [0.717, 1.165) is 71.3 Å². The van der Waals surface area contributed by atoms with E-state index < -0.39 is 0 Å². The molecule has 0 saturated heterocycles.